The molecule has 0 saturated heterocycles. The molecule has 1 aromatic heterocycles. The van der Waals surface area contributed by atoms with E-state index in [1.165, 1.54) is 12.3 Å². The lowest BCUT2D eigenvalue weighted by atomic mass is 10.2. The molecule has 104 valence electrons. The van der Waals surface area contributed by atoms with Crippen LogP contribution in [0.5, 0.6) is 0 Å². The fraction of sp³-hybridized carbons (Fsp3) is 0.571. The molecule has 1 amide bonds. The first-order valence-corrected chi connectivity index (χ1v) is 6.72. The van der Waals surface area contributed by atoms with Gasteiger partial charge in [-0.05, 0) is 25.3 Å². The van der Waals surface area contributed by atoms with Crippen LogP contribution in [0.1, 0.15) is 48.7 Å². The lowest BCUT2D eigenvalue weighted by Crippen LogP contribution is -2.35. The fourth-order valence-corrected chi connectivity index (χ4v) is 2.13. The average molecular weight is 265 g/mol. The van der Waals surface area contributed by atoms with Crippen molar-refractivity contribution in [3.63, 3.8) is 0 Å². The highest BCUT2D eigenvalue weighted by Gasteiger charge is 2.32. The summed E-state index contributed by atoms with van der Waals surface area (Å²) in [6, 6.07) is 1.74. The molecule has 0 aromatic carbocycles. The molecular weight excluding hydrogens is 246 g/mol. The van der Waals surface area contributed by atoms with E-state index < -0.39 is 5.97 Å². The standard InChI is InChI=1S/C14H19NO4/c1-2-3-7-15(10-4-5-10)13(16)9-12-11(14(17)18)6-8-19-12/h6,8,10H,2-5,7,9H2,1H3,(H,17,18). The van der Waals surface area contributed by atoms with Gasteiger partial charge in [0.15, 0.2) is 0 Å². The third-order valence-corrected chi connectivity index (χ3v) is 3.35. The van der Waals surface area contributed by atoms with Gasteiger partial charge in [-0.15, -0.1) is 0 Å². The number of carboxylic acid groups (broad SMARTS) is 1. The van der Waals surface area contributed by atoms with Crippen LogP contribution in [0.3, 0.4) is 0 Å². The van der Waals surface area contributed by atoms with Crippen LogP contribution in [0.2, 0.25) is 0 Å². The van der Waals surface area contributed by atoms with Crippen LogP contribution in [0.25, 0.3) is 0 Å². The smallest absolute Gasteiger partial charge is 0.339 e. The van der Waals surface area contributed by atoms with E-state index in [2.05, 4.69) is 6.92 Å². The van der Waals surface area contributed by atoms with Crippen LogP contribution in [-0.4, -0.2) is 34.5 Å². The molecule has 2 rings (SSSR count). The summed E-state index contributed by atoms with van der Waals surface area (Å²) >= 11 is 0. The van der Waals surface area contributed by atoms with Crippen molar-refractivity contribution in [1.29, 1.82) is 0 Å². The Morgan fingerprint density at radius 2 is 2.21 bits per heavy atom. The van der Waals surface area contributed by atoms with Gasteiger partial charge in [-0.1, -0.05) is 13.3 Å². The molecule has 19 heavy (non-hydrogen) atoms. The summed E-state index contributed by atoms with van der Waals surface area (Å²) in [5, 5.41) is 8.98. The van der Waals surface area contributed by atoms with Crippen molar-refractivity contribution in [2.24, 2.45) is 0 Å². The Kier molecular flexibility index (Phi) is 4.24. The van der Waals surface area contributed by atoms with Gasteiger partial charge in [0.05, 0.1) is 12.7 Å². The molecule has 0 radical (unpaired) electrons. The highest BCUT2D eigenvalue weighted by molar-refractivity contribution is 5.90. The average Bonchev–Trinajstić information content (AvgIpc) is 3.09. The maximum atomic E-state index is 12.2. The van der Waals surface area contributed by atoms with Crippen molar-refractivity contribution in [3.05, 3.63) is 23.7 Å². The van der Waals surface area contributed by atoms with Gasteiger partial charge in [0.1, 0.15) is 11.3 Å². The van der Waals surface area contributed by atoms with Crippen LogP contribution in [0, 0.1) is 0 Å². The Hall–Kier alpha value is -1.78. The Bertz CT molecular complexity index is 462. The zero-order chi connectivity index (χ0) is 13.8. The van der Waals surface area contributed by atoms with Crippen LogP contribution in [-0.2, 0) is 11.2 Å². The number of hydrogen-bond acceptors (Lipinski definition) is 3. The zero-order valence-electron chi connectivity index (χ0n) is 11.1. The monoisotopic (exact) mass is 265 g/mol. The number of aromatic carboxylic acids is 1. The van der Waals surface area contributed by atoms with Crippen LogP contribution >= 0.6 is 0 Å². The van der Waals surface area contributed by atoms with Crippen molar-refractivity contribution in [2.45, 2.75) is 45.1 Å². The van der Waals surface area contributed by atoms with E-state index >= 15 is 0 Å². The lowest BCUT2D eigenvalue weighted by Gasteiger charge is -2.21. The van der Waals surface area contributed by atoms with Gasteiger partial charge in [-0.25, -0.2) is 4.79 Å². The molecule has 1 aliphatic carbocycles. The van der Waals surface area contributed by atoms with Gasteiger partial charge in [-0.2, -0.15) is 0 Å². The summed E-state index contributed by atoms with van der Waals surface area (Å²) in [5.41, 5.74) is 0.0830. The zero-order valence-corrected chi connectivity index (χ0v) is 11.1. The number of furan rings is 1. The Labute approximate surface area is 112 Å². The summed E-state index contributed by atoms with van der Waals surface area (Å²) in [5.74, 6) is -0.837. The molecule has 0 spiro atoms. The van der Waals surface area contributed by atoms with E-state index in [4.69, 9.17) is 9.52 Å². The van der Waals surface area contributed by atoms with Crippen LogP contribution in [0.4, 0.5) is 0 Å². The number of hydrogen-bond donors (Lipinski definition) is 1. The second-order valence-electron chi connectivity index (χ2n) is 4.91. The molecular formula is C14H19NO4. The fourth-order valence-electron chi connectivity index (χ4n) is 2.13. The highest BCUT2D eigenvalue weighted by atomic mass is 16.4. The van der Waals surface area contributed by atoms with E-state index in [-0.39, 0.29) is 23.7 Å². The number of unbranched alkanes of at least 4 members (excludes halogenated alkanes) is 1. The van der Waals surface area contributed by atoms with Crippen LogP contribution in [0.15, 0.2) is 16.7 Å². The van der Waals surface area contributed by atoms with Crippen molar-refractivity contribution >= 4 is 11.9 Å². The normalized spacial score (nSPS) is 14.4. The molecule has 1 aromatic rings. The molecule has 0 unspecified atom stereocenters. The molecule has 0 bridgehead atoms. The van der Waals surface area contributed by atoms with E-state index in [9.17, 15) is 9.59 Å². The maximum absolute atomic E-state index is 12.2. The van der Waals surface area contributed by atoms with Gasteiger partial charge in [-0.3, -0.25) is 4.79 Å². The first kappa shape index (κ1) is 13.6. The highest BCUT2D eigenvalue weighted by Crippen LogP contribution is 2.28. The molecule has 1 saturated carbocycles. The summed E-state index contributed by atoms with van der Waals surface area (Å²) in [6.45, 7) is 2.84. The third kappa shape index (κ3) is 3.36. The van der Waals surface area contributed by atoms with Gasteiger partial charge >= 0.3 is 5.97 Å². The predicted octanol–water partition coefficient (Wildman–Crippen LogP) is 2.31. The molecule has 5 nitrogen and oxygen atoms in total. The van der Waals surface area contributed by atoms with Gasteiger partial charge in [0.25, 0.3) is 0 Å². The first-order chi connectivity index (χ1) is 9.13. The molecule has 1 heterocycles. The molecule has 0 atom stereocenters. The van der Waals surface area contributed by atoms with E-state index in [1.54, 1.807) is 0 Å². The second-order valence-corrected chi connectivity index (χ2v) is 4.91. The van der Waals surface area contributed by atoms with Crippen molar-refractivity contribution < 1.29 is 19.1 Å². The number of rotatable bonds is 7. The van der Waals surface area contributed by atoms with E-state index in [0.29, 0.717) is 6.04 Å². The van der Waals surface area contributed by atoms with E-state index in [0.717, 1.165) is 32.2 Å². The number of carboxylic acids is 1. The molecule has 0 aliphatic heterocycles. The summed E-state index contributed by atoms with van der Waals surface area (Å²) in [4.78, 5) is 25.1. The minimum atomic E-state index is -1.05. The number of carbonyl (C=O) groups is 2. The summed E-state index contributed by atoms with van der Waals surface area (Å²) < 4.78 is 5.12. The van der Waals surface area contributed by atoms with Crippen LogP contribution < -0.4 is 0 Å². The van der Waals surface area contributed by atoms with Gasteiger partial charge in [0.2, 0.25) is 5.91 Å². The maximum Gasteiger partial charge on any atom is 0.339 e. The third-order valence-electron chi connectivity index (χ3n) is 3.35. The minimum absolute atomic E-state index is 0.0339. The molecule has 5 heteroatoms. The quantitative estimate of drug-likeness (QED) is 0.821. The SMILES string of the molecule is CCCCN(C(=O)Cc1occc1C(=O)O)C1CC1. The van der Waals surface area contributed by atoms with Crippen molar-refractivity contribution in [2.75, 3.05) is 6.54 Å². The molecule has 1 N–H and O–H groups in total. The Morgan fingerprint density at radius 3 is 2.79 bits per heavy atom. The number of carbonyl (C=O) groups excluding carboxylic acids is 1. The second kappa shape index (κ2) is 5.91. The number of amides is 1. The molecule has 1 fully saturated rings. The summed E-state index contributed by atoms with van der Waals surface area (Å²) in [6.07, 6.45) is 5.48. The van der Waals surface area contributed by atoms with E-state index in [1.807, 2.05) is 4.90 Å². The topological polar surface area (TPSA) is 70.8 Å². The van der Waals surface area contributed by atoms with Crippen molar-refractivity contribution in [3.8, 4) is 0 Å². The largest absolute Gasteiger partial charge is 0.478 e. The minimum Gasteiger partial charge on any atom is -0.478 e. The first-order valence-electron chi connectivity index (χ1n) is 6.72. The lowest BCUT2D eigenvalue weighted by molar-refractivity contribution is -0.131. The Balaban J connectivity index is 2.01. The van der Waals surface area contributed by atoms with Gasteiger partial charge in [0, 0.05) is 12.6 Å². The number of nitrogens with zero attached hydrogens (tertiary/aromatic N) is 1. The van der Waals surface area contributed by atoms with Crippen molar-refractivity contribution in [1.82, 2.24) is 4.90 Å². The predicted molar refractivity (Wildman–Crippen MR) is 69.0 cm³/mol. The summed E-state index contributed by atoms with van der Waals surface area (Å²) in [7, 11) is 0. The van der Waals surface area contributed by atoms with Gasteiger partial charge < -0.3 is 14.4 Å². The Morgan fingerprint density at radius 1 is 1.47 bits per heavy atom. The molecule has 1 aliphatic rings.